The van der Waals surface area contributed by atoms with Crippen molar-refractivity contribution in [3.63, 3.8) is 0 Å². The maximum absolute atomic E-state index is 12.8. The van der Waals surface area contributed by atoms with Crippen molar-refractivity contribution in [2.24, 2.45) is 0 Å². The van der Waals surface area contributed by atoms with E-state index in [0.717, 1.165) is 11.1 Å². The van der Waals surface area contributed by atoms with Crippen LogP contribution in [0.5, 0.6) is 0 Å². The van der Waals surface area contributed by atoms with Crippen LogP contribution in [0.15, 0.2) is 42.5 Å². The van der Waals surface area contributed by atoms with Gasteiger partial charge >= 0.3 is 5.97 Å². The molecular formula is C20H20N2O4. The molecule has 3 rings (SSSR count). The summed E-state index contributed by atoms with van der Waals surface area (Å²) in [5, 5.41) is 11.9. The highest BCUT2D eigenvalue weighted by Crippen LogP contribution is 2.30. The second-order valence-electron chi connectivity index (χ2n) is 6.48. The minimum Gasteiger partial charge on any atom is -0.481 e. The Hall–Kier alpha value is -3.15. The maximum atomic E-state index is 12.8. The van der Waals surface area contributed by atoms with Gasteiger partial charge in [0.25, 0.3) is 5.91 Å². The van der Waals surface area contributed by atoms with E-state index in [9.17, 15) is 14.4 Å². The number of benzene rings is 2. The summed E-state index contributed by atoms with van der Waals surface area (Å²) >= 11 is 0. The molecule has 0 aliphatic carbocycles. The number of para-hydroxylation sites is 1. The number of carboxylic acid groups (broad SMARTS) is 1. The molecule has 0 aromatic heterocycles. The number of carbonyl (C=O) groups excluding carboxylic acids is 2. The van der Waals surface area contributed by atoms with E-state index >= 15 is 0 Å². The number of nitrogens with zero attached hydrogens (tertiary/aromatic N) is 1. The van der Waals surface area contributed by atoms with Gasteiger partial charge in [-0.05, 0) is 42.7 Å². The Bertz CT molecular complexity index is 854. The minimum atomic E-state index is -0.897. The molecule has 0 radical (unpaired) electrons. The zero-order valence-corrected chi connectivity index (χ0v) is 14.7. The number of aryl methyl sites for hydroxylation is 2. The quantitative estimate of drug-likeness (QED) is 0.808. The number of nitrogens with one attached hydrogen (secondary N) is 1. The van der Waals surface area contributed by atoms with Crippen LogP contribution in [0.2, 0.25) is 0 Å². The van der Waals surface area contributed by atoms with Crippen LogP contribution >= 0.6 is 0 Å². The molecule has 1 aliphatic rings. The second kappa shape index (κ2) is 7.00. The fraction of sp³-hybridized carbons (Fsp3) is 0.250. The zero-order chi connectivity index (χ0) is 18.8. The monoisotopic (exact) mass is 352 g/mol. The number of carbonyl (C=O) groups is 3. The van der Waals surface area contributed by atoms with E-state index in [1.807, 2.05) is 32.0 Å². The molecule has 1 unspecified atom stereocenters. The van der Waals surface area contributed by atoms with Gasteiger partial charge in [0.2, 0.25) is 5.91 Å². The average Bonchev–Trinajstić information content (AvgIpc) is 2.84. The lowest BCUT2D eigenvalue weighted by Gasteiger charge is -2.20. The summed E-state index contributed by atoms with van der Waals surface area (Å²) in [6.07, 6.45) is 0.0327. The fourth-order valence-electron chi connectivity index (χ4n) is 3.23. The van der Waals surface area contributed by atoms with E-state index in [4.69, 9.17) is 5.11 Å². The Morgan fingerprint density at radius 3 is 2.31 bits per heavy atom. The van der Waals surface area contributed by atoms with E-state index in [-0.39, 0.29) is 24.7 Å². The fourth-order valence-corrected chi connectivity index (χ4v) is 3.23. The number of amides is 2. The van der Waals surface area contributed by atoms with Crippen LogP contribution < -0.4 is 10.2 Å². The van der Waals surface area contributed by atoms with Crippen LogP contribution in [-0.4, -0.2) is 28.9 Å². The Morgan fingerprint density at radius 1 is 1.12 bits per heavy atom. The van der Waals surface area contributed by atoms with Gasteiger partial charge in [-0.15, -0.1) is 0 Å². The molecule has 2 aromatic rings. The van der Waals surface area contributed by atoms with Crippen LogP contribution in [0.1, 0.15) is 23.1 Å². The molecule has 2 amide bonds. The van der Waals surface area contributed by atoms with E-state index in [1.54, 1.807) is 24.3 Å². The zero-order valence-electron chi connectivity index (χ0n) is 14.7. The number of hydrogen-bond donors (Lipinski definition) is 2. The minimum absolute atomic E-state index is 0.0541. The smallest absolute Gasteiger partial charge is 0.307 e. The van der Waals surface area contributed by atoms with Crippen molar-refractivity contribution >= 4 is 29.2 Å². The molecule has 1 atom stereocenters. The van der Waals surface area contributed by atoms with Crippen LogP contribution in [0.25, 0.3) is 0 Å². The summed E-state index contributed by atoms with van der Waals surface area (Å²) in [7, 11) is 0. The molecule has 2 N–H and O–H groups in total. The SMILES string of the molecule is Cc1cccc(C)c1N1C(=O)CC(Nc2ccc(CC(=O)O)cc2)C1=O. The van der Waals surface area contributed by atoms with Gasteiger partial charge in [0.15, 0.2) is 0 Å². The second-order valence-corrected chi connectivity index (χ2v) is 6.48. The number of carboxylic acids is 1. The molecule has 134 valence electrons. The van der Waals surface area contributed by atoms with E-state index in [1.165, 1.54) is 4.90 Å². The normalized spacial score (nSPS) is 16.8. The molecule has 1 heterocycles. The lowest BCUT2D eigenvalue weighted by Crippen LogP contribution is -2.35. The van der Waals surface area contributed by atoms with E-state index in [0.29, 0.717) is 16.9 Å². The van der Waals surface area contributed by atoms with Gasteiger partial charge in [-0.25, -0.2) is 4.90 Å². The van der Waals surface area contributed by atoms with Gasteiger partial charge in [0.1, 0.15) is 6.04 Å². The Kier molecular flexibility index (Phi) is 4.75. The average molecular weight is 352 g/mol. The Morgan fingerprint density at radius 2 is 1.73 bits per heavy atom. The van der Waals surface area contributed by atoms with Crippen molar-refractivity contribution in [3.05, 3.63) is 59.2 Å². The summed E-state index contributed by atoms with van der Waals surface area (Å²) < 4.78 is 0. The lowest BCUT2D eigenvalue weighted by atomic mass is 10.1. The lowest BCUT2D eigenvalue weighted by molar-refractivity contribution is -0.136. The van der Waals surface area contributed by atoms with Crippen molar-refractivity contribution in [2.75, 3.05) is 10.2 Å². The Balaban J connectivity index is 1.78. The summed E-state index contributed by atoms with van der Waals surface area (Å²) in [5.41, 5.74) is 3.77. The van der Waals surface area contributed by atoms with E-state index < -0.39 is 12.0 Å². The van der Waals surface area contributed by atoms with Gasteiger partial charge in [0.05, 0.1) is 18.5 Å². The molecule has 0 spiro atoms. The molecule has 6 heteroatoms. The molecule has 6 nitrogen and oxygen atoms in total. The standard InChI is InChI=1S/C20H20N2O4/c1-12-4-3-5-13(2)19(12)22-17(23)11-16(20(22)26)21-15-8-6-14(7-9-15)10-18(24)25/h3-9,16,21H,10-11H2,1-2H3,(H,24,25). The third-order valence-corrected chi connectivity index (χ3v) is 4.46. The molecule has 2 aromatic carbocycles. The highest BCUT2D eigenvalue weighted by Gasteiger charge is 2.40. The van der Waals surface area contributed by atoms with Crippen LogP contribution in [0.4, 0.5) is 11.4 Å². The molecule has 0 bridgehead atoms. The predicted octanol–water partition coefficient (Wildman–Crippen LogP) is 2.67. The highest BCUT2D eigenvalue weighted by atomic mass is 16.4. The third kappa shape index (κ3) is 3.44. The first-order chi connectivity index (χ1) is 12.4. The van der Waals surface area contributed by atoms with Crippen molar-refractivity contribution in [2.45, 2.75) is 32.7 Å². The summed E-state index contributed by atoms with van der Waals surface area (Å²) in [5.74, 6) is -1.40. The molecule has 0 saturated carbocycles. The topological polar surface area (TPSA) is 86.7 Å². The summed E-state index contributed by atoms with van der Waals surface area (Å²) in [6, 6.07) is 11.9. The van der Waals surface area contributed by atoms with Gasteiger partial charge in [-0.3, -0.25) is 14.4 Å². The number of anilines is 2. The summed E-state index contributed by atoms with van der Waals surface area (Å²) in [4.78, 5) is 37.3. The van der Waals surface area contributed by atoms with Crippen molar-refractivity contribution in [3.8, 4) is 0 Å². The molecule has 26 heavy (non-hydrogen) atoms. The van der Waals surface area contributed by atoms with Crippen LogP contribution in [0, 0.1) is 13.8 Å². The van der Waals surface area contributed by atoms with Gasteiger partial charge in [-0.1, -0.05) is 30.3 Å². The Labute approximate surface area is 151 Å². The maximum Gasteiger partial charge on any atom is 0.307 e. The molecular weight excluding hydrogens is 332 g/mol. The van der Waals surface area contributed by atoms with Gasteiger partial charge in [-0.2, -0.15) is 0 Å². The van der Waals surface area contributed by atoms with Gasteiger partial charge in [0, 0.05) is 5.69 Å². The number of hydrogen-bond acceptors (Lipinski definition) is 4. The van der Waals surface area contributed by atoms with Crippen molar-refractivity contribution in [1.29, 1.82) is 0 Å². The number of aliphatic carboxylic acids is 1. The summed E-state index contributed by atoms with van der Waals surface area (Å²) in [6.45, 7) is 3.76. The van der Waals surface area contributed by atoms with Gasteiger partial charge < -0.3 is 10.4 Å². The highest BCUT2D eigenvalue weighted by molar-refractivity contribution is 6.23. The van der Waals surface area contributed by atoms with E-state index in [2.05, 4.69) is 5.32 Å². The first kappa shape index (κ1) is 17.7. The van der Waals surface area contributed by atoms with Crippen LogP contribution in [0.3, 0.4) is 0 Å². The first-order valence-corrected chi connectivity index (χ1v) is 8.37. The molecule has 1 fully saturated rings. The molecule has 1 saturated heterocycles. The number of imide groups is 1. The largest absolute Gasteiger partial charge is 0.481 e. The predicted molar refractivity (Wildman–Crippen MR) is 98.2 cm³/mol. The first-order valence-electron chi connectivity index (χ1n) is 8.37. The van der Waals surface area contributed by atoms with Crippen LogP contribution in [-0.2, 0) is 20.8 Å². The van der Waals surface area contributed by atoms with Crippen molar-refractivity contribution < 1.29 is 19.5 Å². The van der Waals surface area contributed by atoms with Crippen molar-refractivity contribution in [1.82, 2.24) is 0 Å². The number of rotatable bonds is 5. The molecule has 1 aliphatic heterocycles. The third-order valence-electron chi connectivity index (χ3n) is 4.46.